The van der Waals surface area contributed by atoms with E-state index in [0.29, 0.717) is 42.5 Å². The molecule has 8 nitrogen and oxygen atoms in total. The maximum Gasteiger partial charge on any atom is 0.511 e. The number of halogens is 4. The normalized spacial score (nSPS) is 22.0. The molecule has 0 aliphatic carbocycles. The minimum atomic E-state index is -5.25. The molecule has 1 atom stereocenters. The average molecular weight is 572 g/mol. The molecule has 0 aromatic carbocycles. The van der Waals surface area contributed by atoms with E-state index in [1.54, 1.807) is 0 Å². The highest BCUT2D eigenvalue weighted by Crippen LogP contribution is 2.28. The van der Waals surface area contributed by atoms with Crippen LogP contribution in [0.15, 0.2) is 4.99 Å². The summed E-state index contributed by atoms with van der Waals surface area (Å²) in [6, 6.07) is -0.133. The summed E-state index contributed by atoms with van der Waals surface area (Å²) in [4.78, 5) is 4.46. The van der Waals surface area contributed by atoms with E-state index in [2.05, 4.69) is 15.6 Å². The van der Waals surface area contributed by atoms with E-state index in [1.807, 2.05) is 6.92 Å². The fraction of sp³-hybridized carbons (Fsp3) is 0.941. The lowest BCUT2D eigenvalue weighted by molar-refractivity contribution is -0.0494. The molecule has 0 spiro atoms. The lowest BCUT2D eigenvalue weighted by Gasteiger charge is -2.32. The van der Waals surface area contributed by atoms with Crippen LogP contribution in [0, 0.1) is 5.92 Å². The predicted octanol–water partition coefficient (Wildman–Crippen LogP) is 1.92. The van der Waals surface area contributed by atoms with Crippen molar-refractivity contribution in [3.05, 3.63) is 0 Å². The van der Waals surface area contributed by atoms with Crippen LogP contribution in [0.3, 0.4) is 0 Å². The number of guanidine groups is 1. The van der Waals surface area contributed by atoms with Crippen LogP contribution in [0.5, 0.6) is 0 Å². The maximum atomic E-state index is 12.7. The van der Waals surface area contributed by atoms with E-state index in [1.165, 1.54) is 0 Å². The van der Waals surface area contributed by atoms with Gasteiger partial charge in [-0.05, 0) is 32.6 Å². The van der Waals surface area contributed by atoms with E-state index in [-0.39, 0.29) is 55.9 Å². The van der Waals surface area contributed by atoms with Gasteiger partial charge in [-0.25, -0.2) is 8.42 Å². The largest absolute Gasteiger partial charge is 0.511 e. The first-order chi connectivity index (χ1) is 13.7. The average Bonchev–Trinajstić information content (AvgIpc) is 3.17. The van der Waals surface area contributed by atoms with Crippen LogP contribution in [-0.2, 0) is 19.5 Å². The van der Waals surface area contributed by atoms with Crippen molar-refractivity contribution in [1.82, 2.24) is 14.9 Å². The van der Waals surface area contributed by atoms with Gasteiger partial charge in [0.25, 0.3) is 0 Å². The minimum Gasteiger partial charge on any atom is -0.381 e. The first-order valence-electron chi connectivity index (χ1n) is 10.0. The van der Waals surface area contributed by atoms with Gasteiger partial charge in [-0.3, -0.25) is 4.99 Å². The molecule has 2 saturated heterocycles. The number of hydrogen-bond donors (Lipinski definition) is 2. The van der Waals surface area contributed by atoms with Gasteiger partial charge in [0.2, 0.25) is 0 Å². The highest BCUT2D eigenvalue weighted by atomic mass is 127. The number of nitrogens with zero attached hydrogens (tertiary/aromatic N) is 2. The summed E-state index contributed by atoms with van der Waals surface area (Å²) in [5, 5.41) is 6.28. The van der Waals surface area contributed by atoms with Crippen molar-refractivity contribution in [1.29, 1.82) is 0 Å². The van der Waals surface area contributed by atoms with Crippen LogP contribution in [0.1, 0.15) is 32.6 Å². The van der Waals surface area contributed by atoms with Crippen molar-refractivity contribution >= 4 is 40.0 Å². The molecule has 30 heavy (non-hydrogen) atoms. The number of ether oxygens (including phenoxy) is 2. The van der Waals surface area contributed by atoms with Crippen LogP contribution in [0.2, 0.25) is 0 Å². The molecule has 2 fully saturated rings. The topological polar surface area (TPSA) is 92.3 Å². The SMILES string of the molecule is CCNC(=NCCCOCC1CCOC1)NC1CCN(S(=O)(=O)C(F)(F)F)CC1.I. The molecular formula is C17H32F3IN4O4S. The fourth-order valence-electron chi connectivity index (χ4n) is 3.22. The number of piperidine rings is 1. The van der Waals surface area contributed by atoms with Crippen LogP contribution >= 0.6 is 24.0 Å². The Kier molecular flexibility index (Phi) is 12.2. The number of hydrogen-bond acceptors (Lipinski definition) is 5. The molecule has 2 aliphatic rings. The Bertz CT molecular complexity index is 623. The third kappa shape index (κ3) is 8.63. The van der Waals surface area contributed by atoms with Crippen molar-refractivity contribution in [3.8, 4) is 0 Å². The Hall–Kier alpha value is -0.380. The van der Waals surface area contributed by atoms with Gasteiger partial charge < -0.3 is 20.1 Å². The number of sulfonamides is 1. The summed E-state index contributed by atoms with van der Waals surface area (Å²) in [5.74, 6) is 1.05. The zero-order chi connectivity index (χ0) is 21.3. The summed E-state index contributed by atoms with van der Waals surface area (Å²) < 4.78 is 72.3. The Morgan fingerprint density at radius 2 is 1.97 bits per heavy atom. The molecule has 2 heterocycles. The minimum absolute atomic E-state index is 0. The molecule has 13 heteroatoms. The molecule has 0 bridgehead atoms. The molecule has 0 amide bonds. The third-order valence-electron chi connectivity index (χ3n) is 4.87. The van der Waals surface area contributed by atoms with Crippen LogP contribution in [0.25, 0.3) is 0 Å². The predicted molar refractivity (Wildman–Crippen MR) is 118 cm³/mol. The Morgan fingerprint density at radius 1 is 1.27 bits per heavy atom. The van der Waals surface area contributed by atoms with Gasteiger partial charge in [-0.1, -0.05) is 0 Å². The van der Waals surface area contributed by atoms with Crippen molar-refractivity contribution < 1.29 is 31.1 Å². The number of aliphatic imine (C=N–C) groups is 1. The first-order valence-corrected chi connectivity index (χ1v) is 11.4. The van der Waals surface area contributed by atoms with Gasteiger partial charge in [-0.15, -0.1) is 24.0 Å². The second kappa shape index (κ2) is 13.2. The summed E-state index contributed by atoms with van der Waals surface area (Å²) in [6.07, 6.45) is 2.36. The second-order valence-corrected chi connectivity index (χ2v) is 9.12. The standard InChI is InChI=1S/C17H31F3N4O4S.HI/c1-2-21-16(22-7-3-10-27-12-14-6-11-28-13-14)23-15-4-8-24(9-5-15)29(25,26)17(18,19)20;/h14-15H,2-13H2,1H3,(H2,21,22,23);1H. The Labute approximate surface area is 193 Å². The van der Waals surface area contributed by atoms with Crippen molar-refractivity contribution in [3.63, 3.8) is 0 Å². The molecule has 2 N–H and O–H groups in total. The number of alkyl halides is 3. The smallest absolute Gasteiger partial charge is 0.381 e. The molecule has 0 aromatic heterocycles. The van der Waals surface area contributed by atoms with Crippen molar-refractivity contribution in [2.24, 2.45) is 10.9 Å². The molecule has 0 saturated carbocycles. The highest BCUT2D eigenvalue weighted by Gasteiger charge is 2.50. The van der Waals surface area contributed by atoms with E-state index in [9.17, 15) is 21.6 Å². The third-order valence-corrected chi connectivity index (χ3v) is 6.50. The molecular weight excluding hydrogens is 540 g/mol. The summed E-state index contributed by atoms with van der Waals surface area (Å²) in [7, 11) is -5.25. The zero-order valence-electron chi connectivity index (χ0n) is 17.1. The van der Waals surface area contributed by atoms with Crippen LogP contribution in [-0.4, -0.2) is 82.8 Å². The summed E-state index contributed by atoms with van der Waals surface area (Å²) in [5.41, 5.74) is -5.25. The Morgan fingerprint density at radius 3 is 2.53 bits per heavy atom. The number of nitrogens with one attached hydrogen (secondary N) is 2. The van der Waals surface area contributed by atoms with E-state index in [4.69, 9.17) is 9.47 Å². The first kappa shape index (κ1) is 27.7. The van der Waals surface area contributed by atoms with E-state index in [0.717, 1.165) is 26.1 Å². The molecule has 1 unspecified atom stereocenters. The lowest BCUT2D eigenvalue weighted by atomic mass is 10.1. The highest BCUT2D eigenvalue weighted by molar-refractivity contribution is 14.0. The van der Waals surface area contributed by atoms with Crippen molar-refractivity contribution in [2.45, 2.75) is 44.2 Å². The maximum absolute atomic E-state index is 12.7. The van der Waals surface area contributed by atoms with Crippen LogP contribution in [0.4, 0.5) is 13.2 Å². The Balaban J connectivity index is 0.00000450. The zero-order valence-corrected chi connectivity index (χ0v) is 20.3. The molecule has 0 radical (unpaired) electrons. The lowest BCUT2D eigenvalue weighted by Crippen LogP contribution is -2.51. The quantitative estimate of drug-likeness (QED) is 0.190. The van der Waals surface area contributed by atoms with Gasteiger partial charge in [-0.2, -0.15) is 17.5 Å². The van der Waals surface area contributed by atoms with Gasteiger partial charge in [0.1, 0.15) is 0 Å². The van der Waals surface area contributed by atoms with Gasteiger partial charge in [0, 0.05) is 51.4 Å². The second-order valence-electron chi connectivity index (χ2n) is 7.19. The summed E-state index contributed by atoms with van der Waals surface area (Å²) >= 11 is 0. The molecule has 2 rings (SSSR count). The van der Waals surface area contributed by atoms with E-state index < -0.39 is 15.5 Å². The monoisotopic (exact) mass is 572 g/mol. The van der Waals surface area contributed by atoms with Gasteiger partial charge >= 0.3 is 15.5 Å². The molecule has 0 aromatic rings. The van der Waals surface area contributed by atoms with Crippen molar-refractivity contribution in [2.75, 3.05) is 52.6 Å². The summed E-state index contributed by atoms with van der Waals surface area (Å²) in [6.45, 7) is 5.64. The molecule has 178 valence electrons. The molecule has 2 aliphatic heterocycles. The fourth-order valence-corrected chi connectivity index (χ4v) is 4.21. The van der Waals surface area contributed by atoms with E-state index >= 15 is 0 Å². The number of rotatable bonds is 9. The van der Waals surface area contributed by atoms with Crippen LogP contribution < -0.4 is 10.6 Å². The van der Waals surface area contributed by atoms with Gasteiger partial charge in [0.15, 0.2) is 5.96 Å². The van der Waals surface area contributed by atoms with Gasteiger partial charge in [0.05, 0.1) is 13.2 Å².